The fraction of sp³-hybridized carbons (Fsp3) is 0.294. The predicted molar refractivity (Wildman–Crippen MR) is 88.4 cm³/mol. The molecule has 25 heavy (non-hydrogen) atoms. The predicted octanol–water partition coefficient (Wildman–Crippen LogP) is 2.18. The first-order valence-corrected chi connectivity index (χ1v) is 6.95. The van der Waals surface area contributed by atoms with Crippen LogP contribution < -0.4 is 5.31 Å². The first-order chi connectivity index (χ1) is 14.3. The molecule has 2 rings (SSSR count). The fourth-order valence-electron chi connectivity index (χ4n) is 2.66. The lowest BCUT2D eigenvalue weighted by Gasteiger charge is -2.29. The van der Waals surface area contributed by atoms with Gasteiger partial charge in [-0.2, -0.15) is 0 Å². The number of esters is 2. The molecule has 8 heteroatoms. The van der Waals surface area contributed by atoms with Gasteiger partial charge in [-0.3, -0.25) is 10.1 Å². The summed E-state index contributed by atoms with van der Waals surface area (Å²) in [5.74, 6) is -4.20. The molecule has 1 aliphatic rings. The highest BCUT2D eigenvalue weighted by molar-refractivity contribution is 6.00. The van der Waals surface area contributed by atoms with Crippen LogP contribution in [0.25, 0.3) is 0 Å². The molecule has 1 aliphatic heterocycles. The first kappa shape index (κ1) is 11.4. The maximum Gasteiger partial charge on any atom is 0.336 e. The van der Waals surface area contributed by atoms with E-state index in [2.05, 4.69) is 4.74 Å². The summed E-state index contributed by atoms with van der Waals surface area (Å²) < 4.78 is 54.5. The van der Waals surface area contributed by atoms with Crippen LogP contribution in [0.4, 0.5) is 5.69 Å². The number of allylic oxidation sites excluding steroid dienone is 2. The maximum absolute atomic E-state index is 12.8. The molecule has 1 aromatic rings. The van der Waals surface area contributed by atoms with Crippen molar-refractivity contribution < 1.29 is 32.3 Å². The molecule has 8 nitrogen and oxygen atoms in total. The van der Waals surface area contributed by atoms with Crippen LogP contribution in [-0.4, -0.2) is 31.0 Å². The van der Waals surface area contributed by atoms with Gasteiger partial charge in [-0.1, -0.05) is 18.2 Å². The molecule has 0 radical (unpaired) electrons. The number of benzene rings is 1. The summed E-state index contributed by atoms with van der Waals surface area (Å²) in [5, 5.41) is 12.1. The molecule has 0 amide bonds. The van der Waals surface area contributed by atoms with E-state index in [1.54, 1.807) is 0 Å². The third kappa shape index (κ3) is 3.23. The minimum absolute atomic E-state index is 0.198. The molecule has 132 valence electrons. The summed E-state index contributed by atoms with van der Waals surface area (Å²) in [4.78, 5) is 36.3. The van der Waals surface area contributed by atoms with E-state index < -0.39 is 59.2 Å². The van der Waals surface area contributed by atoms with Crippen LogP contribution in [0.1, 0.15) is 32.1 Å². The number of para-hydroxylation sites is 1. The quantitative estimate of drug-likeness (QED) is 0.502. The number of hydrogen-bond donors (Lipinski definition) is 1. The number of nitro benzene ring substituents is 1. The van der Waals surface area contributed by atoms with Gasteiger partial charge in [-0.05, 0) is 13.8 Å². The highest BCUT2D eigenvalue weighted by Crippen LogP contribution is 2.42. The van der Waals surface area contributed by atoms with E-state index in [-0.39, 0.29) is 11.3 Å². The van der Waals surface area contributed by atoms with Gasteiger partial charge in [0.05, 0.1) is 40.2 Å². The minimum atomic E-state index is -3.17. The Balaban J connectivity index is 2.94. The number of nitro groups is 1. The van der Waals surface area contributed by atoms with Crippen molar-refractivity contribution >= 4 is 17.6 Å². The second kappa shape index (κ2) is 7.16. The zero-order valence-corrected chi connectivity index (χ0v) is 13.3. The second-order valence-corrected chi connectivity index (χ2v) is 5.04. The van der Waals surface area contributed by atoms with Gasteiger partial charge in [0, 0.05) is 25.8 Å². The number of nitrogens with one attached hydrogen (secondary N) is 1. The number of hydrogen-bond acceptors (Lipinski definition) is 7. The number of dihydropyridines is 1. The monoisotopic (exact) mass is 352 g/mol. The molecule has 0 bridgehead atoms. The van der Waals surface area contributed by atoms with Crippen LogP contribution in [0.5, 0.6) is 0 Å². The molecule has 0 saturated heterocycles. The topological polar surface area (TPSA) is 108 Å². The zero-order chi connectivity index (χ0) is 23.7. The molecule has 0 saturated carbocycles. The van der Waals surface area contributed by atoms with Crippen LogP contribution >= 0.6 is 0 Å². The summed E-state index contributed by atoms with van der Waals surface area (Å²) in [6, 6.07) is 5.09. The van der Waals surface area contributed by atoms with Gasteiger partial charge in [-0.25, -0.2) is 9.59 Å². The van der Waals surface area contributed by atoms with E-state index in [0.29, 0.717) is 5.31 Å². The Hall–Kier alpha value is -3.16. The summed E-state index contributed by atoms with van der Waals surface area (Å²) >= 11 is 0. The zero-order valence-electron chi connectivity index (χ0n) is 19.3. The minimum Gasteiger partial charge on any atom is -0.466 e. The summed E-state index contributed by atoms with van der Waals surface area (Å²) in [7, 11) is -2.20. The molecule has 0 aromatic heterocycles. The molecule has 1 atom stereocenters. The Kier molecular flexibility index (Phi) is 3.27. The lowest BCUT2D eigenvalue weighted by Crippen LogP contribution is -2.32. The van der Waals surface area contributed by atoms with E-state index in [0.717, 1.165) is 13.2 Å². The van der Waals surface area contributed by atoms with E-state index >= 15 is 0 Å². The van der Waals surface area contributed by atoms with Crippen LogP contribution in [0.15, 0.2) is 46.8 Å². The van der Waals surface area contributed by atoms with Gasteiger partial charge in [0.2, 0.25) is 0 Å². The van der Waals surface area contributed by atoms with Crippen LogP contribution in [-0.2, 0) is 19.1 Å². The molecule has 1 unspecified atom stereocenters. The van der Waals surface area contributed by atoms with E-state index in [9.17, 15) is 19.7 Å². The Bertz CT molecular complexity index is 988. The van der Waals surface area contributed by atoms with Gasteiger partial charge in [-0.15, -0.1) is 0 Å². The number of rotatable bonds is 4. The molecule has 1 heterocycles. The van der Waals surface area contributed by atoms with Gasteiger partial charge < -0.3 is 14.8 Å². The fourth-order valence-corrected chi connectivity index (χ4v) is 2.66. The standard InChI is InChI=1S/C17H18N2O6/c1-9-13(16(20)24-3)15(14(10(2)18-9)17(21)25-4)11-7-5-6-8-12(11)19(22)23/h5-8,15,18H,1-4H3/i1D2,4D3/hD. The lowest BCUT2D eigenvalue weighted by atomic mass is 9.79. The van der Waals surface area contributed by atoms with Crippen molar-refractivity contribution in [2.45, 2.75) is 19.7 Å². The molecule has 1 N–H and O–H groups in total. The summed E-state index contributed by atoms with van der Waals surface area (Å²) in [5.41, 5.74) is -2.56. The average Bonchev–Trinajstić information content (AvgIpc) is 2.66. The number of methoxy groups -OCH3 is 2. The Morgan fingerprint density at radius 3 is 2.48 bits per heavy atom. The highest BCUT2D eigenvalue weighted by Gasteiger charge is 2.40. The number of carbonyl (C=O) groups excluding carboxylic acids is 2. The van der Waals surface area contributed by atoms with Gasteiger partial charge in [0.1, 0.15) is 0 Å². The number of carbonyl (C=O) groups is 2. The van der Waals surface area contributed by atoms with Gasteiger partial charge in [0.15, 0.2) is 1.41 Å². The molecule has 0 spiro atoms. The Morgan fingerprint density at radius 1 is 1.24 bits per heavy atom. The molecule has 0 fully saturated rings. The van der Waals surface area contributed by atoms with Crippen LogP contribution in [0, 0.1) is 10.1 Å². The van der Waals surface area contributed by atoms with E-state index in [1.807, 2.05) is 0 Å². The number of nitrogens with zero attached hydrogens (tertiary/aromatic N) is 1. The number of ether oxygens (including phenoxy) is 2. The third-order valence-electron chi connectivity index (χ3n) is 3.69. The highest BCUT2D eigenvalue weighted by atomic mass is 16.6. The maximum atomic E-state index is 12.8. The van der Waals surface area contributed by atoms with Crippen molar-refractivity contribution in [2.75, 3.05) is 14.1 Å². The normalized spacial score (nSPS) is 21.6. The van der Waals surface area contributed by atoms with Gasteiger partial charge >= 0.3 is 11.9 Å². The van der Waals surface area contributed by atoms with Gasteiger partial charge in [0.25, 0.3) is 5.69 Å². The Morgan fingerprint density at radius 2 is 1.88 bits per heavy atom. The van der Waals surface area contributed by atoms with Crippen molar-refractivity contribution in [2.24, 2.45) is 0 Å². The summed E-state index contributed by atoms with van der Waals surface area (Å²) in [6.07, 6.45) is 0. The second-order valence-electron chi connectivity index (χ2n) is 5.04. The van der Waals surface area contributed by atoms with Crippen molar-refractivity contribution in [3.8, 4) is 0 Å². The largest absolute Gasteiger partial charge is 0.466 e. The smallest absolute Gasteiger partial charge is 0.336 e. The van der Waals surface area contributed by atoms with Crippen LogP contribution in [0.3, 0.4) is 0 Å². The average molecular weight is 352 g/mol. The van der Waals surface area contributed by atoms with E-state index in [1.165, 1.54) is 25.1 Å². The van der Waals surface area contributed by atoms with Crippen molar-refractivity contribution in [3.05, 3.63) is 62.5 Å². The molecule has 1 aromatic carbocycles. The summed E-state index contributed by atoms with van der Waals surface area (Å²) in [6.45, 7) is -0.701. The first-order valence-electron chi connectivity index (χ1n) is 10.0. The van der Waals surface area contributed by atoms with E-state index in [4.69, 9.17) is 13.0 Å². The van der Waals surface area contributed by atoms with Crippen molar-refractivity contribution in [1.82, 2.24) is 5.31 Å². The molecular weight excluding hydrogens is 328 g/mol. The van der Waals surface area contributed by atoms with Crippen molar-refractivity contribution in [1.29, 1.82) is 0 Å². The lowest BCUT2D eigenvalue weighted by molar-refractivity contribution is -0.385. The Labute approximate surface area is 152 Å². The third-order valence-corrected chi connectivity index (χ3v) is 3.69. The van der Waals surface area contributed by atoms with Crippen molar-refractivity contribution in [3.63, 3.8) is 0 Å². The molecule has 0 aliphatic carbocycles. The molecular formula is C17H18N2O6. The van der Waals surface area contributed by atoms with Crippen LogP contribution in [0.2, 0.25) is 1.41 Å². The SMILES string of the molecule is [2H]C([2H])C1=C(C(=O)OC)C(c2ccccc2[N+](=O)[O-])C(C(=O)OC([2H])([2H])[2H])=C(C)N1[2H].